The average Bonchev–Trinajstić information content (AvgIpc) is 2.26. The molecule has 0 aliphatic heterocycles. The smallest absolute Gasteiger partial charge is 0.339 e. The molecule has 1 aromatic rings. The fourth-order valence-corrected chi connectivity index (χ4v) is 0.942. The highest BCUT2D eigenvalue weighted by Gasteiger charge is 2.09. The van der Waals surface area contributed by atoms with Crippen LogP contribution in [0.5, 0.6) is 0 Å². The summed E-state index contributed by atoms with van der Waals surface area (Å²) in [5, 5.41) is 8.21. The zero-order valence-electron chi connectivity index (χ0n) is 7.97. The summed E-state index contributed by atoms with van der Waals surface area (Å²) < 4.78 is 4.61. The van der Waals surface area contributed by atoms with Gasteiger partial charge >= 0.3 is 5.97 Å². The van der Waals surface area contributed by atoms with Crippen molar-refractivity contribution in [1.29, 1.82) is 0 Å². The van der Waals surface area contributed by atoms with Crippen LogP contribution in [0.3, 0.4) is 0 Å². The Hall–Kier alpha value is -1.36. The van der Waals surface area contributed by atoms with Crippen LogP contribution in [0.15, 0.2) is 36.9 Å². The molecule has 0 aliphatic carbocycles. The molecule has 0 fully saturated rings. The fourth-order valence-electron chi connectivity index (χ4n) is 0.942. The molecule has 0 radical (unpaired) electrons. The summed E-state index contributed by atoms with van der Waals surface area (Å²) in [5.41, 5.74) is 2.69. The number of hydrogen-bond donors (Lipinski definition) is 2. The van der Waals surface area contributed by atoms with Gasteiger partial charge in [0.05, 0.1) is 5.57 Å². The number of esters is 1. The number of ether oxygens (including phenoxy) is 1. The second-order valence-electron chi connectivity index (χ2n) is 2.58. The SMILES string of the molecule is C=C(C(=O)OCNO)c1ccccc1.Cl. The number of rotatable bonds is 4. The zero-order chi connectivity index (χ0) is 10.4. The van der Waals surface area contributed by atoms with E-state index in [-0.39, 0.29) is 24.7 Å². The van der Waals surface area contributed by atoms with Crippen LogP contribution in [0, 0.1) is 0 Å². The molecule has 0 amide bonds. The largest absolute Gasteiger partial charge is 0.444 e. The van der Waals surface area contributed by atoms with E-state index < -0.39 is 5.97 Å². The predicted molar refractivity (Wildman–Crippen MR) is 58.6 cm³/mol. The number of halogens is 1. The first kappa shape index (κ1) is 13.6. The van der Waals surface area contributed by atoms with E-state index in [9.17, 15) is 4.79 Å². The third kappa shape index (κ3) is 4.12. The third-order valence-electron chi connectivity index (χ3n) is 1.64. The molecular formula is C10H12ClNO3. The Morgan fingerprint density at radius 1 is 1.40 bits per heavy atom. The highest BCUT2D eigenvalue weighted by atomic mass is 35.5. The van der Waals surface area contributed by atoms with E-state index in [2.05, 4.69) is 11.3 Å². The molecule has 0 bridgehead atoms. The van der Waals surface area contributed by atoms with Crippen molar-refractivity contribution in [2.45, 2.75) is 0 Å². The summed E-state index contributed by atoms with van der Waals surface area (Å²) in [4.78, 5) is 11.2. The first-order valence-electron chi connectivity index (χ1n) is 4.04. The average molecular weight is 230 g/mol. The lowest BCUT2D eigenvalue weighted by molar-refractivity contribution is -0.140. The molecule has 0 saturated carbocycles. The Morgan fingerprint density at radius 2 is 2.00 bits per heavy atom. The predicted octanol–water partition coefficient (Wildman–Crippen LogP) is 1.60. The van der Waals surface area contributed by atoms with Crippen LogP contribution in [0.2, 0.25) is 0 Å². The van der Waals surface area contributed by atoms with E-state index in [1.165, 1.54) is 0 Å². The van der Waals surface area contributed by atoms with Gasteiger partial charge < -0.3 is 9.94 Å². The fraction of sp³-hybridized carbons (Fsp3) is 0.100. The Labute approximate surface area is 93.9 Å². The molecule has 0 unspecified atom stereocenters. The van der Waals surface area contributed by atoms with Gasteiger partial charge in [-0.2, -0.15) is 5.48 Å². The molecule has 1 aromatic carbocycles. The summed E-state index contributed by atoms with van der Waals surface area (Å²) in [7, 11) is 0. The number of hydrogen-bond acceptors (Lipinski definition) is 4. The van der Waals surface area contributed by atoms with Crippen molar-refractivity contribution in [3.05, 3.63) is 42.5 Å². The molecule has 0 saturated heterocycles. The Kier molecular flexibility index (Phi) is 6.37. The van der Waals surface area contributed by atoms with E-state index in [1.54, 1.807) is 29.7 Å². The van der Waals surface area contributed by atoms with Crippen molar-refractivity contribution in [2.24, 2.45) is 0 Å². The molecule has 5 heteroatoms. The van der Waals surface area contributed by atoms with Crippen molar-refractivity contribution in [1.82, 2.24) is 5.48 Å². The Morgan fingerprint density at radius 3 is 2.53 bits per heavy atom. The van der Waals surface area contributed by atoms with E-state index in [0.29, 0.717) is 5.56 Å². The highest BCUT2D eigenvalue weighted by Crippen LogP contribution is 2.12. The summed E-state index contributed by atoms with van der Waals surface area (Å²) in [6.07, 6.45) is 0. The van der Waals surface area contributed by atoms with Crippen molar-refractivity contribution in [3.63, 3.8) is 0 Å². The third-order valence-corrected chi connectivity index (χ3v) is 1.64. The summed E-state index contributed by atoms with van der Waals surface area (Å²) in [6.45, 7) is 3.35. The van der Waals surface area contributed by atoms with Gasteiger partial charge in [0.2, 0.25) is 0 Å². The lowest BCUT2D eigenvalue weighted by Gasteiger charge is -2.05. The second kappa shape index (κ2) is 7.00. The van der Waals surface area contributed by atoms with Gasteiger partial charge in [-0.15, -0.1) is 12.4 Å². The van der Waals surface area contributed by atoms with E-state index in [1.807, 2.05) is 6.07 Å². The van der Waals surface area contributed by atoms with Gasteiger partial charge in [0.15, 0.2) is 6.73 Å². The van der Waals surface area contributed by atoms with Crippen LogP contribution < -0.4 is 5.48 Å². The van der Waals surface area contributed by atoms with Crippen molar-refractivity contribution in [3.8, 4) is 0 Å². The molecule has 0 aromatic heterocycles. The van der Waals surface area contributed by atoms with Gasteiger partial charge in [-0.05, 0) is 5.56 Å². The summed E-state index contributed by atoms with van der Waals surface area (Å²) >= 11 is 0. The van der Waals surface area contributed by atoms with E-state index in [0.717, 1.165) is 0 Å². The molecule has 0 atom stereocenters. The monoisotopic (exact) mass is 229 g/mol. The van der Waals surface area contributed by atoms with Crippen LogP contribution in [0.25, 0.3) is 5.57 Å². The minimum absolute atomic E-state index is 0. The van der Waals surface area contributed by atoms with Gasteiger partial charge in [-0.3, -0.25) is 0 Å². The molecule has 2 N–H and O–H groups in total. The van der Waals surface area contributed by atoms with Gasteiger partial charge in [0.1, 0.15) is 0 Å². The van der Waals surface area contributed by atoms with E-state index in [4.69, 9.17) is 5.21 Å². The number of carbonyl (C=O) groups is 1. The quantitative estimate of drug-likeness (QED) is 0.356. The molecule has 0 heterocycles. The summed E-state index contributed by atoms with van der Waals surface area (Å²) in [5.74, 6) is -0.558. The summed E-state index contributed by atoms with van der Waals surface area (Å²) in [6, 6.07) is 8.97. The second-order valence-corrected chi connectivity index (χ2v) is 2.58. The van der Waals surface area contributed by atoms with Crippen LogP contribution in [0.4, 0.5) is 0 Å². The number of carbonyl (C=O) groups excluding carboxylic acids is 1. The number of hydroxylamine groups is 1. The van der Waals surface area contributed by atoms with Gasteiger partial charge in [0.25, 0.3) is 0 Å². The zero-order valence-corrected chi connectivity index (χ0v) is 8.79. The van der Waals surface area contributed by atoms with Crippen molar-refractivity contribution < 1.29 is 14.7 Å². The maximum absolute atomic E-state index is 11.2. The minimum atomic E-state index is -0.558. The minimum Gasteiger partial charge on any atom is -0.444 e. The first-order valence-corrected chi connectivity index (χ1v) is 4.04. The van der Waals surface area contributed by atoms with Gasteiger partial charge in [0, 0.05) is 0 Å². The Balaban J connectivity index is 0.00000196. The van der Waals surface area contributed by atoms with Crippen LogP contribution in [-0.4, -0.2) is 17.9 Å². The molecular weight excluding hydrogens is 218 g/mol. The maximum atomic E-state index is 11.2. The maximum Gasteiger partial charge on any atom is 0.339 e. The number of nitrogens with one attached hydrogen (secondary N) is 1. The van der Waals surface area contributed by atoms with Crippen LogP contribution >= 0.6 is 12.4 Å². The van der Waals surface area contributed by atoms with Crippen molar-refractivity contribution in [2.75, 3.05) is 6.73 Å². The number of benzene rings is 1. The molecule has 0 aliphatic rings. The Bertz CT molecular complexity index is 327. The van der Waals surface area contributed by atoms with E-state index >= 15 is 0 Å². The topological polar surface area (TPSA) is 58.6 Å². The molecule has 82 valence electrons. The van der Waals surface area contributed by atoms with Gasteiger partial charge in [-0.25, -0.2) is 4.79 Å². The normalized spacial score (nSPS) is 8.87. The highest BCUT2D eigenvalue weighted by molar-refractivity contribution is 6.15. The molecule has 0 spiro atoms. The standard InChI is InChI=1S/C10H11NO3.ClH/c1-8(10(12)14-7-11-13)9-5-3-2-4-6-9;/h2-6,11,13H,1,7H2;1H. The first-order chi connectivity index (χ1) is 6.75. The lowest BCUT2D eigenvalue weighted by atomic mass is 10.1. The van der Waals surface area contributed by atoms with Crippen LogP contribution in [0.1, 0.15) is 5.56 Å². The lowest BCUT2D eigenvalue weighted by Crippen LogP contribution is -2.17. The van der Waals surface area contributed by atoms with Crippen LogP contribution in [-0.2, 0) is 9.53 Å². The van der Waals surface area contributed by atoms with Gasteiger partial charge in [-0.1, -0.05) is 36.9 Å². The molecule has 15 heavy (non-hydrogen) atoms. The van der Waals surface area contributed by atoms with Crippen molar-refractivity contribution >= 4 is 23.9 Å². The molecule has 4 nitrogen and oxygen atoms in total. The molecule has 1 rings (SSSR count).